The normalized spacial score (nSPS) is 24.3. The number of hydrogen-bond acceptors (Lipinski definition) is 9. The third kappa shape index (κ3) is 5.00. The summed E-state index contributed by atoms with van der Waals surface area (Å²) in [6.07, 6.45) is 5.10. The standard InChI is InChI=1S/C24H31FN10O/c1-13-7-20(30-21-8-14(2)32-33-21)31-24(28-13)34-12-19(16(34)4)23(36)29-15(3)17-5-6-22(26-9-17)35-11-18(25)10-27-35/h5-7,9-11,14-16,19,21,32-33H,8,12H2,1-4H3,(H,29,36)(H,28,30,31)/t14?,15-,16+,19-,21?/m0/s1. The average Bonchev–Trinajstić information content (AvgIpc) is 3.45. The molecular weight excluding hydrogens is 463 g/mol. The number of anilines is 2. The van der Waals surface area contributed by atoms with Crippen LogP contribution in [0.15, 0.2) is 36.8 Å². The minimum atomic E-state index is -0.425. The Morgan fingerprint density at radius 1 is 1.22 bits per heavy atom. The third-order valence-electron chi connectivity index (χ3n) is 6.73. The van der Waals surface area contributed by atoms with Gasteiger partial charge >= 0.3 is 0 Å². The maximum absolute atomic E-state index is 13.2. The molecule has 2 aliphatic heterocycles. The molecule has 2 aliphatic rings. The molecule has 0 saturated carbocycles. The van der Waals surface area contributed by atoms with Crippen LogP contribution in [0.2, 0.25) is 0 Å². The van der Waals surface area contributed by atoms with E-state index in [1.807, 2.05) is 32.9 Å². The number of halogens is 1. The summed E-state index contributed by atoms with van der Waals surface area (Å²) in [5, 5.41) is 10.4. The van der Waals surface area contributed by atoms with Gasteiger partial charge in [-0.1, -0.05) is 6.07 Å². The molecule has 12 heteroatoms. The van der Waals surface area contributed by atoms with Crippen LogP contribution in [0.1, 0.15) is 44.5 Å². The number of nitrogens with zero attached hydrogens (tertiary/aromatic N) is 6. The summed E-state index contributed by atoms with van der Waals surface area (Å²) in [4.78, 5) is 28.7. The highest BCUT2D eigenvalue weighted by Gasteiger charge is 2.42. The smallest absolute Gasteiger partial charge is 0.227 e. The fourth-order valence-corrected chi connectivity index (χ4v) is 4.54. The molecule has 1 amide bonds. The van der Waals surface area contributed by atoms with Gasteiger partial charge in [-0.05, 0) is 45.7 Å². The van der Waals surface area contributed by atoms with Crippen LogP contribution >= 0.6 is 0 Å². The summed E-state index contributed by atoms with van der Waals surface area (Å²) in [6, 6.07) is 5.65. The van der Waals surface area contributed by atoms with E-state index in [4.69, 9.17) is 4.98 Å². The Labute approximate surface area is 208 Å². The van der Waals surface area contributed by atoms with Crippen molar-refractivity contribution in [3.63, 3.8) is 0 Å². The van der Waals surface area contributed by atoms with Crippen LogP contribution in [0.25, 0.3) is 5.82 Å². The Morgan fingerprint density at radius 3 is 2.69 bits per heavy atom. The number of pyridine rings is 1. The number of nitrogens with one attached hydrogen (secondary N) is 4. The van der Waals surface area contributed by atoms with Gasteiger partial charge in [-0.25, -0.2) is 24.5 Å². The molecule has 0 bridgehead atoms. The second kappa shape index (κ2) is 9.78. The molecule has 36 heavy (non-hydrogen) atoms. The van der Waals surface area contributed by atoms with Crippen molar-refractivity contribution in [3.05, 3.63) is 53.9 Å². The lowest BCUT2D eigenvalue weighted by Gasteiger charge is -2.45. The van der Waals surface area contributed by atoms with Gasteiger partial charge in [0.05, 0.1) is 30.5 Å². The topological polar surface area (TPSA) is 125 Å². The Bertz CT molecular complexity index is 1230. The van der Waals surface area contributed by atoms with E-state index < -0.39 is 5.82 Å². The highest BCUT2D eigenvalue weighted by molar-refractivity contribution is 5.82. The Balaban J connectivity index is 1.18. The number of rotatable bonds is 7. The first-order valence-corrected chi connectivity index (χ1v) is 12.1. The van der Waals surface area contributed by atoms with E-state index in [-0.39, 0.29) is 30.1 Å². The molecule has 4 N–H and O–H groups in total. The van der Waals surface area contributed by atoms with Crippen LogP contribution in [0, 0.1) is 18.7 Å². The van der Waals surface area contributed by atoms with Crippen LogP contribution in [0.4, 0.5) is 16.2 Å². The maximum Gasteiger partial charge on any atom is 0.227 e. The molecule has 0 aromatic carbocycles. The summed E-state index contributed by atoms with van der Waals surface area (Å²) in [6.45, 7) is 8.54. The first-order valence-electron chi connectivity index (χ1n) is 12.1. The highest BCUT2D eigenvalue weighted by Crippen LogP contribution is 2.30. The lowest BCUT2D eigenvalue weighted by atomic mass is 9.89. The fraction of sp³-hybridized carbons (Fsp3) is 0.458. The van der Waals surface area contributed by atoms with Crippen LogP contribution < -0.4 is 26.4 Å². The summed E-state index contributed by atoms with van der Waals surface area (Å²) in [5.41, 5.74) is 8.13. The van der Waals surface area contributed by atoms with Crippen molar-refractivity contribution >= 4 is 17.7 Å². The minimum absolute atomic E-state index is 0.0225. The Kier molecular flexibility index (Phi) is 6.54. The minimum Gasteiger partial charge on any atom is -0.353 e. The zero-order valence-corrected chi connectivity index (χ0v) is 20.7. The van der Waals surface area contributed by atoms with Gasteiger partial charge in [0.2, 0.25) is 11.9 Å². The molecule has 11 nitrogen and oxygen atoms in total. The van der Waals surface area contributed by atoms with Gasteiger partial charge in [0.15, 0.2) is 11.6 Å². The lowest BCUT2D eigenvalue weighted by molar-refractivity contribution is -0.127. The molecule has 5 atom stereocenters. The van der Waals surface area contributed by atoms with Crippen molar-refractivity contribution in [1.82, 2.24) is 40.9 Å². The van der Waals surface area contributed by atoms with Gasteiger partial charge < -0.3 is 15.5 Å². The summed E-state index contributed by atoms with van der Waals surface area (Å²) in [7, 11) is 0. The summed E-state index contributed by atoms with van der Waals surface area (Å²) < 4.78 is 14.6. The van der Waals surface area contributed by atoms with E-state index in [1.165, 1.54) is 10.9 Å². The summed E-state index contributed by atoms with van der Waals surface area (Å²) >= 11 is 0. The number of hydrazine groups is 1. The Morgan fingerprint density at radius 2 is 2.06 bits per heavy atom. The van der Waals surface area contributed by atoms with Crippen molar-refractivity contribution < 1.29 is 9.18 Å². The Hall–Kier alpha value is -3.64. The maximum atomic E-state index is 13.2. The zero-order valence-electron chi connectivity index (χ0n) is 20.7. The molecule has 190 valence electrons. The number of aromatic nitrogens is 5. The quantitative estimate of drug-likeness (QED) is 0.389. The van der Waals surface area contributed by atoms with Crippen LogP contribution in [0.3, 0.4) is 0 Å². The fourth-order valence-electron chi connectivity index (χ4n) is 4.54. The first-order chi connectivity index (χ1) is 17.3. The number of carbonyl (C=O) groups excluding carboxylic acids is 1. The van der Waals surface area contributed by atoms with Gasteiger partial charge in [-0.3, -0.25) is 10.2 Å². The predicted octanol–water partition coefficient (Wildman–Crippen LogP) is 1.83. The molecule has 0 spiro atoms. The molecule has 0 aliphatic carbocycles. The van der Waals surface area contributed by atoms with Crippen LogP contribution in [0.5, 0.6) is 0 Å². The van der Waals surface area contributed by atoms with E-state index in [9.17, 15) is 9.18 Å². The monoisotopic (exact) mass is 494 g/mol. The molecule has 5 rings (SSSR count). The third-order valence-corrected chi connectivity index (χ3v) is 6.73. The molecule has 2 unspecified atom stereocenters. The molecule has 2 fully saturated rings. The van der Waals surface area contributed by atoms with E-state index in [1.54, 1.807) is 12.3 Å². The number of hydrogen-bond donors (Lipinski definition) is 4. The molecular formula is C24H31FN10O. The molecule has 5 heterocycles. The molecule has 0 radical (unpaired) electrons. The van der Waals surface area contributed by atoms with Crippen molar-refractivity contribution in [2.45, 2.75) is 58.4 Å². The van der Waals surface area contributed by atoms with Crippen molar-refractivity contribution in [2.24, 2.45) is 5.92 Å². The largest absolute Gasteiger partial charge is 0.353 e. The zero-order chi connectivity index (χ0) is 25.4. The van der Waals surface area contributed by atoms with Crippen molar-refractivity contribution in [1.29, 1.82) is 0 Å². The average molecular weight is 495 g/mol. The molecule has 3 aromatic rings. The SMILES string of the molecule is Cc1cc(NC2CC(C)NN2)nc(N2C[C@H](C(=O)N[C@@H](C)c3ccc(-n4cc(F)cn4)nc3)[C@H]2C)n1. The van der Waals surface area contributed by atoms with Gasteiger partial charge in [0.25, 0.3) is 0 Å². The highest BCUT2D eigenvalue weighted by atomic mass is 19.1. The van der Waals surface area contributed by atoms with Gasteiger partial charge in [-0.2, -0.15) is 10.1 Å². The van der Waals surface area contributed by atoms with E-state index in [2.05, 4.69) is 48.4 Å². The van der Waals surface area contributed by atoms with Crippen LogP contribution in [-0.2, 0) is 4.79 Å². The predicted molar refractivity (Wildman–Crippen MR) is 133 cm³/mol. The second-order valence-corrected chi connectivity index (χ2v) is 9.60. The number of carbonyl (C=O) groups is 1. The van der Waals surface area contributed by atoms with E-state index in [0.717, 1.165) is 29.7 Å². The number of aryl methyl sites for hydroxylation is 1. The summed E-state index contributed by atoms with van der Waals surface area (Å²) in [5.74, 6) is 1.27. The number of amides is 1. The van der Waals surface area contributed by atoms with Crippen molar-refractivity contribution in [2.75, 3.05) is 16.8 Å². The van der Waals surface area contributed by atoms with Crippen LogP contribution in [-0.4, -0.2) is 55.4 Å². The van der Waals surface area contributed by atoms with Gasteiger partial charge in [-0.15, -0.1) is 0 Å². The second-order valence-electron chi connectivity index (χ2n) is 9.60. The van der Waals surface area contributed by atoms with E-state index in [0.29, 0.717) is 24.4 Å². The molecule has 3 aromatic heterocycles. The lowest BCUT2D eigenvalue weighted by Crippen LogP contribution is -2.61. The van der Waals surface area contributed by atoms with Crippen molar-refractivity contribution in [3.8, 4) is 5.82 Å². The van der Waals surface area contributed by atoms with Gasteiger partial charge in [0.1, 0.15) is 5.82 Å². The van der Waals surface area contributed by atoms with E-state index >= 15 is 0 Å². The first kappa shape index (κ1) is 24.1. The molecule has 2 saturated heterocycles. The van der Waals surface area contributed by atoms with Gasteiger partial charge in [0, 0.05) is 36.6 Å².